The first kappa shape index (κ1) is 9.96. The molecule has 0 amide bonds. The first-order chi connectivity index (χ1) is 7.15. The van der Waals surface area contributed by atoms with Gasteiger partial charge in [0.2, 0.25) is 0 Å². The summed E-state index contributed by atoms with van der Waals surface area (Å²) in [7, 11) is 0. The van der Waals surface area contributed by atoms with Crippen LogP contribution in [0.5, 0.6) is 5.75 Å². The van der Waals surface area contributed by atoms with Crippen molar-refractivity contribution in [3.05, 3.63) is 29.6 Å². The van der Waals surface area contributed by atoms with Gasteiger partial charge in [-0.1, -0.05) is 0 Å². The highest BCUT2D eigenvalue weighted by Gasteiger charge is 2.23. The minimum absolute atomic E-state index is 0.0845. The van der Waals surface area contributed by atoms with E-state index in [-0.39, 0.29) is 18.3 Å². The molecule has 1 atom stereocenters. The largest absolute Gasteiger partial charge is 0.490 e. The standard InChI is InChI=1S/C11H11FO3/c12-8-1-3-10-7(5-8)6-9(15-10)2-4-11(13)14/h1,3,5,9H,2,4,6H2,(H,13,14). The monoisotopic (exact) mass is 210 g/mol. The Morgan fingerprint density at radius 2 is 2.40 bits per heavy atom. The quantitative estimate of drug-likeness (QED) is 0.829. The number of carboxylic acid groups (broad SMARTS) is 1. The van der Waals surface area contributed by atoms with Crippen LogP contribution in [0.25, 0.3) is 0 Å². The van der Waals surface area contributed by atoms with Gasteiger partial charge in [0.05, 0.1) is 0 Å². The average Bonchev–Trinajstić information content (AvgIpc) is 2.56. The van der Waals surface area contributed by atoms with Gasteiger partial charge in [-0.2, -0.15) is 0 Å². The summed E-state index contributed by atoms with van der Waals surface area (Å²) < 4.78 is 18.3. The molecular weight excluding hydrogens is 199 g/mol. The van der Waals surface area contributed by atoms with Crippen molar-refractivity contribution in [2.75, 3.05) is 0 Å². The molecule has 1 N–H and O–H groups in total. The van der Waals surface area contributed by atoms with Crippen LogP contribution in [-0.2, 0) is 11.2 Å². The van der Waals surface area contributed by atoms with Crippen molar-refractivity contribution in [3.8, 4) is 5.75 Å². The summed E-state index contributed by atoms with van der Waals surface area (Å²) >= 11 is 0. The van der Waals surface area contributed by atoms with Crippen LogP contribution in [0.15, 0.2) is 18.2 Å². The highest BCUT2D eigenvalue weighted by Crippen LogP contribution is 2.30. The van der Waals surface area contributed by atoms with Crippen molar-refractivity contribution in [1.82, 2.24) is 0 Å². The topological polar surface area (TPSA) is 46.5 Å². The van der Waals surface area contributed by atoms with Crippen LogP contribution in [0.2, 0.25) is 0 Å². The third-order valence-corrected chi connectivity index (χ3v) is 2.44. The number of rotatable bonds is 3. The molecule has 4 heteroatoms. The number of halogens is 1. The Kier molecular flexibility index (Phi) is 2.58. The number of ether oxygens (including phenoxy) is 1. The molecule has 1 aromatic rings. The summed E-state index contributed by atoms with van der Waals surface area (Å²) in [6.45, 7) is 0. The lowest BCUT2D eigenvalue weighted by molar-refractivity contribution is -0.137. The van der Waals surface area contributed by atoms with Crippen LogP contribution in [0.1, 0.15) is 18.4 Å². The zero-order valence-corrected chi connectivity index (χ0v) is 8.07. The number of hydrogen-bond donors (Lipinski definition) is 1. The lowest BCUT2D eigenvalue weighted by Gasteiger charge is -2.07. The van der Waals surface area contributed by atoms with Gasteiger partial charge in [0.1, 0.15) is 17.7 Å². The summed E-state index contributed by atoms with van der Waals surface area (Å²) in [5.74, 6) is -0.441. The average molecular weight is 210 g/mol. The van der Waals surface area contributed by atoms with Crippen molar-refractivity contribution >= 4 is 5.97 Å². The molecule has 0 fully saturated rings. The van der Waals surface area contributed by atoms with Gasteiger partial charge >= 0.3 is 5.97 Å². The SMILES string of the molecule is O=C(O)CCC1Cc2cc(F)ccc2O1. The van der Waals surface area contributed by atoms with E-state index in [2.05, 4.69) is 0 Å². The molecule has 1 aromatic carbocycles. The molecular formula is C11H11FO3. The van der Waals surface area contributed by atoms with E-state index >= 15 is 0 Å². The van der Waals surface area contributed by atoms with E-state index in [1.807, 2.05) is 0 Å². The Hall–Kier alpha value is -1.58. The van der Waals surface area contributed by atoms with Gasteiger partial charge in [0.25, 0.3) is 0 Å². The first-order valence-corrected chi connectivity index (χ1v) is 4.82. The maximum absolute atomic E-state index is 12.9. The smallest absolute Gasteiger partial charge is 0.303 e. The number of aliphatic carboxylic acids is 1. The molecule has 0 saturated heterocycles. The van der Waals surface area contributed by atoms with Gasteiger partial charge in [-0.15, -0.1) is 0 Å². The number of carboxylic acids is 1. The Bertz CT molecular complexity index is 389. The normalized spacial score (nSPS) is 18.3. The lowest BCUT2D eigenvalue weighted by Crippen LogP contribution is -2.14. The fourth-order valence-electron chi connectivity index (χ4n) is 1.73. The Morgan fingerprint density at radius 1 is 1.60 bits per heavy atom. The van der Waals surface area contributed by atoms with Crippen LogP contribution >= 0.6 is 0 Å². The molecule has 3 nitrogen and oxygen atoms in total. The molecule has 1 heterocycles. The van der Waals surface area contributed by atoms with E-state index in [1.165, 1.54) is 12.1 Å². The maximum atomic E-state index is 12.9. The Balaban J connectivity index is 2.00. The third-order valence-electron chi connectivity index (χ3n) is 2.44. The van der Waals surface area contributed by atoms with Crippen molar-refractivity contribution in [2.24, 2.45) is 0 Å². The van der Waals surface area contributed by atoms with E-state index in [0.29, 0.717) is 18.6 Å². The predicted octanol–water partition coefficient (Wildman–Crippen LogP) is 1.99. The molecule has 0 saturated carbocycles. The fourth-order valence-corrected chi connectivity index (χ4v) is 1.73. The van der Waals surface area contributed by atoms with E-state index in [9.17, 15) is 9.18 Å². The number of fused-ring (bicyclic) bond motifs is 1. The summed E-state index contributed by atoms with van der Waals surface area (Å²) in [5, 5.41) is 8.52. The molecule has 1 aliphatic heterocycles. The zero-order chi connectivity index (χ0) is 10.8. The second kappa shape index (κ2) is 3.88. The minimum Gasteiger partial charge on any atom is -0.490 e. The van der Waals surface area contributed by atoms with Crippen LogP contribution in [0.3, 0.4) is 0 Å². The molecule has 1 aliphatic rings. The summed E-state index contributed by atoms with van der Waals surface area (Å²) in [6, 6.07) is 4.37. The maximum Gasteiger partial charge on any atom is 0.303 e. The summed E-state index contributed by atoms with van der Waals surface area (Å²) in [6.07, 6.45) is 1.02. The highest BCUT2D eigenvalue weighted by molar-refractivity contribution is 5.66. The van der Waals surface area contributed by atoms with E-state index in [4.69, 9.17) is 9.84 Å². The molecule has 15 heavy (non-hydrogen) atoms. The lowest BCUT2D eigenvalue weighted by atomic mass is 10.1. The molecule has 0 radical (unpaired) electrons. The van der Waals surface area contributed by atoms with E-state index in [1.54, 1.807) is 6.07 Å². The number of benzene rings is 1. The van der Waals surface area contributed by atoms with E-state index < -0.39 is 5.97 Å². The molecule has 2 rings (SSSR count). The predicted molar refractivity (Wildman–Crippen MR) is 51.4 cm³/mol. The van der Waals surface area contributed by atoms with Gasteiger partial charge in [-0.3, -0.25) is 4.79 Å². The third kappa shape index (κ3) is 2.26. The molecule has 0 aromatic heterocycles. The van der Waals surface area contributed by atoms with Crippen molar-refractivity contribution in [2.45, 2.75) is 25.4 Å². The Morgan fingerprint density at radius 3 is 3.13 bits per heavy atom. The number of carbonyl (C=O) groups is 1. The minimum atomic E-state index is -0.833. The van der Waals surface area contributed by atoms with Crippen LogP contribution in [-0.4, -0.2) is 17.2 Å². The second-order valence-electron chi connectivity index (χ2n) is 3.63. The molecule has 80 valence electrons. The second-order valence-corrected chi connectivity index (χ2v) is 3.63. The fraction of sp³-hybridized carbons (Fsp3) is 0.364. The van der Waals surface area contributed by atoms with Gasteiger partial charge in [-0.05, 0) is 24.6 Å². The van der Waals surface area contributed by atoms with Crippen LogP contribution in [0, 0.1) is 5.82 Å². The van der Waals surface area contributed by atoms with Crippen LogP contribution < -0.4 is 4.74 Å². The molecule has 1 unspecified atom stereocenters. The molecule has 0 aliphatic carbocycles. The van der Waals surface area contributed by atoms with Gasteiger partial charge in [0, 0.05) is 18.4 Å². The van der Waals surface area contributed by atoms with Gasteiger partial charge in [-0.25, -0.2) is 4.39 Å². The zero-order valence-electron chi connectivity index (χ0n) is 8.07. The van der Waals surface area contributed by atoms with Crippen molar-refractivity contribution in [1.29, 1.82) is 0 Å². The van der Waals surface area contributed by atoms with Crippen molar-refractivity contribution in [3.63, 3.8) is 0 Å². The van der Waals surface area contributed by atoms with E-state index in [0.717, 1.165) is 5.56 Å². The molecule has 0 bridgehead atoms. The van der Waals surface area contributed by atoms with Gasteiger partial charge < -0.3 is 9.84 Å². The Labute approximate surface area is 86.5 Å². The first-order valence-electron chi connectivity index (χ1n) is 4.82. The van der Waals surface area contributed by atoms with Crippen LogP contribution in [0.4, 0.5) is 4.39 Å². The summed E-state index contributed by atoms with van der Waals surface area (Å²) in [5.41, 5.74) is 0.824. The molecule has 0 spiro atoms. The van der Waals surface area contributed by atoms with Crippen molar-refractivity contribution < 1.29 is 19.0 Å². The summed E-state index contributed by atoms with van der Waals surface area (Å²) in [4.78, 5) is 10.4. The highest BCUT2D eigenvalue weighted by atomic mass is 19.1. The number of hydrogen-bond acceptors (Lipinski definition) is 2. The van der Waals surface area contributed by atoms with Gasteiger partial charge in [0.15, 0.2) is 0 Å².